The zero-order valence-electron chi connectivity index (χ0n) is 10.3. The summed E-state index contributed by atoms with van der Waals surface area (Å²) in [5.41, 5.74) is 4.17. The molecule has 0 aliphatic carbocycles. The highest BCUT2D eigenvalue weighted by molar-refractivity contribution is 7.89. The average molecular weight is 274 g/mol. The maximum absolute atomic E-state index is 11.4. The third-order valence-corrected chi connectivity index (χ3v) is 4.27. The van der Waals surface area contributed by atoms with Gasteiger partial charge in [-0.3, -0.25) is 0 Å². The largest absolute Gasteiger partial charge is 0.355 e. The van der Waals surface area contributed by atoms with Crippen molar-refractivity contribution in [1.82, 2.24) is 0 Å². The van der Waals surface area contributed by atoms with E-state index in [0.717, 1.165) is 29.8 Å². The molecule has 0 aromatic heterocycles. The summed E-state index contributed by atoms with van der Waals surface area (Å²) in [5, 5.41) is 8.46. The van der Waals surface area contributed by atoms with Gasteiger partial charge in [0.15, 0.2) is 0 Å². The van der Waals surface area contributed by atoms with Crippen LogP contribution in [0.5, 0.6) is 0 Å². The number of benzene rings is 2. The van der Waals surface area contributed by atoms with Crippen LogP contribution < -0.4 is 10.5 Å². The van der Waals surface area contributed by atoms with E-state index in [9.17, 15) is 8.42 Å². The van der Waals surface area contributed by atoms with Gasteiger partial charge in [0, 0.05) is 11.4 Å². The van der Waals surface area contributed by atoms with Crippen LogP contribution in [-0.2, 0) is 22.9 Å². The summed E-state index contributed by atoms with van der Waals surface area (Å²) in [4.78, 5) is 0.137. The maximum Gasteiger partial charge on any atom is 0.238 e. The molecule has 0 spiro atoms. The van der Waals surface area contributed by atoms with E-state index in [4.69, 9.17) is 5.14 Å². The van der Waals surface area contributed by atoms with Crippen LogP contribution in [0.4, 0.5) is 11.4 Å². The number of anilines is 2. The van der Waals surface area contributed by atoms with E-state index in [1.807, 2.05) is 24.3 Å². The van der Waals surface area contributed by atoms with Crippen LogP contribution in [0.3, 0.4) is 0 Å². The van der Waals surface area contributed by atoms with E-state index in [1.165, 1.54) is 5.56 Å². The van der Waals surface area contributed by atoms with Gasteiger partial charge in [-0.2, -0.15) is 0 Å². The molecule has 0 bridgehead atoms. The Morgan fingerprint density at radius 3 is 2.37 bits per heavy atom. The van der Waals surface area contributed by atoms with E-state index in [-0.39, 0.29) is 4.90 Å². The standard InChI is InChI=1S/C14H14N2O2S/c15-19(17,18)12-8-7-11-6-5-10-3-1-2-4-13(10)16-14(11)9-12/h1-4,7-9,16H,5-6H2,(H2,15,17,18). The Kier molecular flexibility index (Phi) is 2.80. The van der Waals surface area contributed by atoms with Crippen molar-refractivity contribution in [3.63, 3.8) is 0 Å². The van der Waals surface area contributed by atoms with Crippen molar-refractivity contribution < 1.29 is 8.42 Å². The molecule has 98 valence electrons. The second kappa shape index (κ2) is 4.36. The molecule has 0 unspecified atom stereocenters. The van der Waals surface area contributed by atoms with Crippen LogP contribution in [0.15, 0.2) is 47.4 Å². The lowest BCUT2D eigenvalue weighted by atomic mass is 10.0. The highest BCUT2D eigenvalue weighted by Crippen LogP contribution is 2.31. The van der Waals surface area contributed by atoms with Gasteiger partial charge in [-0.05, 0) is 42.2 Å². The Labute approximate surface area is 112 Å². The van der Waals surface area contributed by atoms with E-state index in [2.05, 4.69) is 11.4 Å². The minimum Gasteiger partial charge on any atom is -0.355 e. The number of nitrogens with two attached hydrogens (primary N) is 1. The SMILES string of the molecule is NS(=O)(=O)c1ccc2c(c1)Nc1ccccc1CC2. The molecule has 2 aromatic rings. The van der Waals surface area contributed by atoms with Gasteiger partial charge in [0.05, 0.1) is 4.90 Å². The van der Waals surface area contributed by atoms with Gasteiger partial charge >= 0.3 is 0 Å². The van der Waals surface area contributed by atoms with Gasteiger partial charge in [-0.1, -0.05) is 24.3 Å². The zero-order valence-corrected chi connectivity index (χ0v) is 11.1. The number of hydrogen-bond donors (Lipinski definition) is 2. The lowest BCUT2D eigenvalue weighted by Crippen LogP contribution is -2.12. The summed E-state index contributed by atoms with van der Waals surface area (Å²) >= 11 is 0. The minimum atomic E-state index is -3.67. The first-order valence-corrected chi connectivity index (χ1v) is 7.59. The summed E-state index contributed by atoms with van der Waals surface area (Å²) in [6.45, 7) is 0. The Hall–Kier alpha value is -1.85. The van der Waals surface area contributed by atoms with Gasteiger partial charge in [-0.25, -0.2) is 13.6 Å². The van der Waals surface area contributed by atoms with Crippen molar-refractivity contribution in [2.45, 2.75) is 17.7 Å². The molecule has 1 aliphatic heterocycles. The van der Waals surface area contributed by atoms with Crippen molar-refractivity contribution in [1.29, 1.82) is 0 Å². The van der Waals surface area contributed by atoms with E-state index in [1.54, 1.807) is 12.1 Å². The minimum absolute atomic E-state index is 0.137. The van der Waals surface area contributed by atoms with Crippen molar-refractivity contribution in [3.8, 4) is 0 Å². The molecular formula is C14H14N2O2S. The first kappa shape index (κ1) is 12.2. The van der Waals surface area contributed by atoms with Crippen LogP contribution in [0.2, 0.25) is 0 Å². The van der Waals surface area contributed by atoms with Gasteiger partial charge < -0.3 is 5.32 Å². The number of primary sulfonamides is 1. The number of nitrogens with one attached hydrogen (secondary N) is 1. The van der Waals surface area contributed by atoms with E-state index >= 15 is 0 Å². The molecule has 2 aromatic carbocycles. The predicted octanol–water partition coefficient (Wildman–Crippen LogP) is 2.18. The molecule has 1 aliphatic rings. The lowest BCUT2D eigenvalue weighted by Gasteiger charge is -2.10. The number of fused-ring (bicyclic) bond motifs is 2. The van der Waals surface area contributed by atoms with Crippen LogP contribution in [0.1, 0.15) is 11.1 Å². The third-order valence-electron chi connectivity index (χ3n) is 3.36. The van der Waals surface area contributed by atoms with Crippen LogP contribution in [0, 0.1) is 0 Å². The molecule has 0 saturated heterocycles. The predicted molar refractivity (Wildman–Crippen MR) is 74.9 cm³/mol. The fraction of sp³-hybridized carbons (Fsp3) is 0.143. The molecule has 3 N–H and O–H groups in total. The molecule has 0 radical (unpaired) electrons. The quantitative estimate of drug-likeness (QED) is 0.837. The van der Waals surface area contributed by atoms with Crippen molar-refractivity contribution >= 4 is 21.4 Å². The average Bonchev–Trinajstić information content (AvgIpc) is 2.55. The summed E-state index contributed by atoms with van der Waals surface area (Å²) in [6, 6.07) is 13.0. The number of sulfonamides is 1. The molecule has 3 rings (SSSR count). The highest BCUT2D eigenvalue weighted by Gasteiger charge is 2.15. The molecular weight excluding hydrogens is 260 g/mol. The van der Waals surface area contributed by atoms with Crippen molar-refractivity contribution in [2.75, 3.05) is 5.32 Å². The normalized spacial score (nSPS) is 13.9. The lowest BCUT2D eigenvalue weighted by molar-refractivity contribution is 0.598. The first-order valence-electron chi connectivity index (χ1n) is 6.05. The molecule has 4 nitrogen and oxygen atoms in total. The Morgan fingerprint density at radius 1 is 0.947 bits per heavy atom. The Balaban J connectivity index is 2.10. The Morgan fingerprint density at radius 2 is 1.63 bits per heavy atom. The third kappa shape index (κ3) is 2.34. The van der Waals surface area contributed by atoms with Crippen LogP contribution in [0.25, 0.3) is 0 Å². The van der Waals surface area contributed by atoms with E-state index < -0.39 is 10.0 Å². The number of para-hydroxylation sites is 1. The number of aryl methyl sites for hydroxylation is 2. The van der Waals surface area contributed by atoms with Crippen molar-refractivity contribution in [2.24, 2.45) is 5.14 Å². The fourth-order valence-electron chi connectivity index (χ4n) is 2.34. The summed E-state index contributed by atoms with van der Waals surface area (Å²) in [6.07, 6.45) is 1.81. The smallest absolute Gasteiger partial charge is 0.238 e. The molecule has 0 atom stereocenters. The molecule has 1 heterocycles. The topological polar surface area (TPSA) is 72.2 Å². The first-order chi connectivity index (χ1) is 9.04. The molecule has 19 heavy (non-hydrogen) atoms. The summed E-state index contributed by atoms with van der Waals surface area (Å²) in [7, 11) is -3.67. The summed E-state index contributed by atoms with van der Waals surface area (Å²) in [5.74, 6) is 0. The second-order valence-electron chi connectivity index (χ2n) is 4.65. The molecule has 5 heteroatoms. The van der Waals surface area contributed by atoms with Crippen LogP contribution in [-0.4, -0.2) is 8.42 Å². The van der Waals surface area contributed by atoms with Crippen LogP contribution >= 0.6 is 0 Å². The second-order valence-corrected chi connectivity index (χ2v) is 6.21. The van der Waals surface area contributed by atoms with Gasteiger partial charge in [0.1, 0.15) is 0 Å². The van der Waals surface area contributed by atoms with Gasteiger partial charge in [0.2, 0.25) is 10.0 Å². The number of hydrogen-bond acceptors (Lipinski definition) is 3. The van der Waals surface area contributed by atoms with E-state index in [0.29, 0.717) is 0 Å². The van der Waals surface area contributed by atoms with Crippen molar-refractivity contribution in [3.05, 3.63) is 53.6 Å². The van der Waals surface area contributed by atoms with Gasteiger partial charge in [0.25, 0.3) is 0 Å². The number of rotatable bonds is 1. The highest BCUT2D eigenvalue weighted by atomic mass is 32.2. The zero-order chi connectivity index (χ0) is 13.5. The fourth-order valence-corrected chi connectivity index (χ4v) is 2.88. The monoisotopic (exact) mass is 274 g/mol. The molecule has 0 amide bonds. The molecule has 0 saturated carbocycles. The molecule has 0 fully saturated rings. The Bertz CT molecular complexity index is 739. The van der Waals surface area contributed by atoms with Gasteiger partial charge in [-0.15, -0.1) is 0 Å². The maximum atomic E-state index is 11.4. The summed E-state index contributed by atoms with van der Waals surface area (Å²) < 4.78 is 22.8.